The lowest BCUT2D eigenvalue weighted by molar-refractivity contribution is 0.208. The Morgan fingerprint density at radius 1 is 1.00 bits per heavy atom. The molecule has 2 amide bonds. The third-order valence-electron chi connectivity index (χ3n) is 5.52. The van der Waals surface area contributed by atoms with Gasteiger partial charge in [0.05, 0.1) is 0 Å². The van der Waals surface area contributed by atoms with E-state index in [9.17, 15) is 9.18 Å². The summed E-state index contributed by atoms with van der Waals surface area (Å²) >= 11 is 0. The molecule has 0 radical (unpaired) electrons. The van der Waals surface area contributed by atoms with Crippen LogP contribution >= 0.6 is 0 Å². The molecule has 3 aromatic rings. The fourth-order valence-electron chi connectivity index (χ4n) is 3.57. The largest absolute Gasteiger partial charge is 0.368 e. The second kappa shape index (κ2) is 7.78. The number of carbonyl (C=O) groups is 1. The zero-order valence-electron chi connectivity index (χ0n) is 16.4. The van der Waals surface area contributed by atoms with Crippen molar-refractivity contribution < 1.29 is 13.7 Å². The van der Waals surface area contributed by atoms with E-state index in [-0.39, 0.29) is 11.8 Å². The molecule has 1 saturated heterocycles. The molecule has 0 bridgehead atoms. The number of carbonyl (C=O) groups excluding carboxylic acids is 1. The van der Waals surface area contributed by atoms with Gasteiger partial charge in [-0.2, -0.15) is 4.98 Å². The fraction of sp³-hybridized carbons (Fsp3) is 0.318. The normalized spacial score (nSPS) is 16.6. The predicted octanol–water partition coefficient (Wildman–Crippen LogP) is 4.11. The maximum Gasteiger partial charge on any atom is 0.321 e. The van der Waals surface area contributed by atoms with Crippen molar-refractivity contribution >= 4 is 17.4 Å². The van der Waals surface area contributed by atoms with Gasteiger partial charge in [-0.05, 0) is 61.4 Å². The van der Waals surface area contributed by atoms with Gasteiger partial charge < -0.3 is 19.6 Å². The number of halogens is 1. The molecule has 1 aliphatic carbocycles. The van der Waals surface area contributed by atoms with Gasteiger partial charge in [-0.15, -0.1) is 0 Å². The minimum atomic E-state index is -0.324. The van der Waals surface area contributed by atoms with Crippen LogP contribution in [0.3, 0.4) is 0 Å². The number of nitrogens with one attached hydrogen (secondary N) is 1. The van der Waals surface area contributed by atoms with Crippen LogP contribution in [0.25, 0.3) is 11.4 Å². The molecule has 2 aromatic carbocycles. The van der Waals surface area contributed by atoms with Crippen LogP contribution in [0.4, 0.5) is 20.6 Å². The highest BCUT2D eigenvalue weighted by molar-refractivity contribution is 5.89. The topological polar surface area (TPSA) is 74.5 Å². The van der Waals surface area contributed by atoms with Gasteiger partial charge >= 0.3 is 6.03 Å². The highest BCUT2D eigenvalue weighted by atomic mass is 19.1. The summed E-state index contributed by atoms with van der Waals surface area (Å²) in [7, 11) is 0. The number of urea groups is 1. The summed E-state index contributed by atoms with van der Waals surface area (Å²) in [5.41, 5.74) is 2.63. The van der Waals surface area contributed by atoms with E-state index in [1.807, 2.05) is 12.1 Å². The Kier molecular flexibility index (Phi) is 4.82. The second-order valence-corrected chi connectivity index (χ2v) is 7.69. The number of hydrogen-bond acceptors (Lipinski definition) is 5. The molecule has 2 aliphatic rings. The number of piperazine rings is 1. The van der Waals surface area contributed by atoms with Crippen molar-refractivity contribution in [2.45, 2.75) is 18.8 Å². The van der Waals surface area contributed by atoms with E-state index < -0.39 is 0 Å². The smallest absolute Gasteiger partial charge is 0.321 e. The quantitative estimate of drug-likeness (QED) is 0.705. The summed E-state index contributed by atoms with van der Waals surface area (Å²) in [5.74, 6) is 1.49. The molecule has 8 heteroatoms. The Labute approximate surface area is 173 Å². The number of anilines is 2. The molecule has 1 N–H and O–H groups in total. The van der Waals surface area contributed by atoms with Crippen LogP contribution in [-0.4, -0.2) is 47.3 Å². The van der Waals surface area contributed by atoms with Crippen molar-refractivity contribution in [3.8, 4) is 11.4 Å². The molecule has 7 nitrogen and oxygen atoms in total. The van der Waals surface area contributed by atoms with Gasteiger partial charge in [-0.25, -0.2) is 9.18 Å². The number of rotatable bonds is 4. The monoisotopic (exact) mass is 407 g/mol. The molecular formula is C22H22FN5O2. The van der Waals surface area contributed by atoms with Gasteiger partial charge in [0.1, 0.15) is 5.82 Å². The van der Waals surface area contributed by atoms with Gasteiger partial charge in [0.15, 0.2) is 0 Å². The number of nitrogens with zero attached hydrogens (tertiary/aromatic N) is 4. The average Bonchev–Trinajstić information content (AvgIpc) is 3.52. The van der Waals surface area contributed by atoms with E-state index >= 15 is 0 Å². The Hall–Kier alpha value is -3.42. The SMILES string of the molecule is O=C(Nc1ccc(F)cc1)N1CCN(c2ccc(-c3noc(C4CC4)n3)cc2)CC1. The summed E-state index contributed by atoms with van der Waals surface area (Å²) in [6.45, 7) is 2.71. The van der Waals surface area contributed by atoms with Crippen LogP contribution in [0, 0.1) is 5.82 Å². The molecule has 0 spiro atoms. The van der Waals surface area contributed by atoms with Gasteiger partial charge in [-0.1, -0.05) is 5.16 Å². The van der Waals surface area contributed by atoms with Crippen LogP contribution in [0.2, 0.25) is 0 Å². The summed E-state index contributed by atoms with van der Waals surface area (Å²) in [5, 5.41) is 6.90. The zero-order valence-corrected chi connectivity index (χ0v) is 16.4. The van der Waals surface area contributed by atoms with Crippen LogP contribution in [-0.2, 0) is 0 Å². The zero-order chi connectivity index (χ0) is 20.5. The fourth-order valence-corrected chi connectivity index (χ4v) is 3.57. The van der Waals surface area contributed by atoms with Crippen molar-refractivity contribution in [3.63, 3.8) is 0 Å². The van der Waals surface area contributed by atoms with Crippen molar-refractivity contribution in [2.75, 3.05) is 36.4 Å². The van der Waals surface area contributed by atoms with Crippen LogP contribution in [0.5, 0.6) is 0 Å². The van der Waals surface area contributed by atoms with E-state index in [0.29, 0.717) is 30.5 Å². The lowest BCUT2D eigenvalue weighted by Gasteiger charge is -2.36. The Balaban J connectivity index is 1.17. The average molecular weight is 407 g/mol. The van der Waals surface area contributed by atoms with Gasteiger partial charge in [0.25, 0.3) is 0 Å². The minimum Gasteiger partial charge on any atom is -0.368 e. The van der Waals surface area contributed by atoms with Gasteiger partial charge in [-0.3, -0.25) is 0 Å². The van der Waals surface area contributed by atoms with E-state index in [2.05, 4.69) is 32.5 Å². The number of benzene rings is 2. The summed E-state index contributed by atoms with van der Waals surface area (Å²) in [6, 6.07) is 13.7. The molecule has 5 rings (SSSR count). The standard InChI is InChI=1S/C22H22FN5O2/c23-17-5-7-18(8-6-17)24-22(29)28-13-11-27(12-14-28)19-9-3-15(4-10-19)20-25-21(30-26-20)16-1-2-16/h3-10,16H,1-2,11-14H2,(H,24,29). The van der Waals surface area contributed by atoms with E-state index in [4.69, 9.17) is 4.52 Å². The summed E-state index contributed by atoms with van der Waals surface area (Å²) in [6.07, 6.45) is 2.27. The third kappa shape index (κ3) is 3.98. The van der Waals surface area contributed by atoms with Crippen LogP contribution in [0.1, 0.15) is 24.7 Å². The lowest BCUT2D eigenvalue weighted by Crippen LogP contribution is -2.50. The Bertz CT molecular complexity index is 1020. The first-order valence-corrected chi connectivity index (χ1v) is 10.2. The second-order valence-electron chi connectivity index (χ2n) is 7.69. The Morgan fingerprint density at radius 2 is 1.70 bits per heavy atom. The van der Waals surface area contributed by atoms with Crippen LogP contribution in [0.15, 0.2) is 53.1 Å². The molecule has 2 heterocycles. The molecule has 0 unspecified atom stereocenters. The summed E-state index contributed by atoms with van der Waals surface area (Å²) in [4.78, 5) is 20.9. The number of hydrogen-bond donors (Lipinski definition) is 1. The molecule has 0 atom stereocenters. The number of amides is 2. The maximum atomic E-state index is 13.0. The van der Waals surface area contributed by atoms with E-state index in [1.165, 1.54) is 12.1 Å². The van der Waals surface area contributed by atoms with Gasteiger partial charge in [0, 0.05) is 49.0 Å². The minimum absolute atomic E-state index is 0.167. The molecule has 1 aliphatic heterocycles. The highest BCUT2D eigenvalue weighted by Crippen LogP contribution is 2.39. The van der Waals surface area contributed by atoms with Crippen molar-refractivity contribution in [2.24, 2.45) is 0 Å². The first kappa shape index (κ1) is 18.6. The Morgan fingerprint density at radius 3 is 2.37 bits per heavy atom. The first-order valence-electron chi connectivity index (χ1n) is 10.2. The maximum absolute atomic E-state index is 13.0. The molecular weight excluding hydrogens is 385 g/mol. The molecule has 1 saturated carbocycles. The third-order valence-corrected chi connectivity index (χ3v) is 5.52. The van der Waals surface area contributed by atoms with Crippen molar-refractivity contribution in [3.05, 3.63) is 60.2 Å². The number of aromatic nitrogens is 2. The van der Waals surface area contributed by atoms with Gasteiger partial charge in [0.2, 0.25) is 11.7 Å². The first-order chi connectivity index (χ1) is 14.7. The van der Waals surface area contributed by atoms with Crippen molar-refractivity contribution in [1.82, 2.24) is 15.0 Å². The lowest BCUT2D eigenvalue weighted by atomic mass is 10.1. The van der Waals surface area contributed by atoms with E-state index in [0.717, 1.165) is 43.1 Å². The predicted molar refractivity (Wildman–Crippen MR) is 111 cm³/mol. The molecule has 2 fully saturated rings. The molecule has 1 aromatic heterocycles. The van der Waals surface area contributed by atoms with Crippen LogP contribution < -0.4 is 10.2 Å². The molecule has 154 valence electrons. The summed E-state index contributed by atoms with van der Waals surface area (Å²) < 4.78 is 18.3. The highest BCUT2D eigenvalue weighted by Gasteiger charge is 2.29. The van der Waals surface area contributed by atoms with Crippen molar-refractivity contribution in [1.29, 1.82) is 0 Å². The molecule has 30 heavy (non-hydrogen) atoms. The van der Waals surface area contributed by atoms with E-state index in [1.54, 1.807) is 17.0 Å².